The van der Waals surface area contributed by atoms with Gasteiger partial charge in [-0.2, -0.15) is 5.10 Å². The molecule has 1 amide bonds. The molecule has 16 heavy (non-hydrogen) atoms. The molecule has 1 unspecified atom stereocenters. The van der Waals surface area contributed by atoms with Gasteiger partial charge in [0.25, 0.3) is 5.91 Å². The summed E-state index contributed by atoms with van der Waals surface area (Å²) >= 11 is 0. The van der Waals surface area contributed by atoms with E-state index in [0.717, 1.165) is 0 Å². The Morgan fingerprint density at radius 2 is 2.44 bits per heavy atom. The zero-order valence-corrected chi connectivity index (χ0v) is 8.88. The molecule has 1 aromatic rings. The van der Waals surface area contributed by atoms with Crippen LogP contribution >= 0.6 is 0 Å². The molecule has 0 aromatic carbocycles. The van der Waals surface area contributed by atoms with Crippen molar-refractivity contribution in [1.29, 1.82) is 0 Å². The van der Waals surface area contributed by atoms with Gasteiger partial charge in [0.1, 0.15) is 11.7 Å². The molecule has 1 atom stereocenters. The summed E-state index contributed by atoms with van der Waals surface area (Å²) < 4.78 is 1.38. The largest absolute Gasteiger partial charge is 0.480 e. The second-order valence-electron chi connectivity index (χ2n) is 3.23. The summed E-state index contributed by atoms with van der Waals surface area (Å²) in [6.45, 7) is 3.44. The molecule has 86 valence electrons. The number of nitrogens with one attached hydrogen (secondary N) is 1. The van der Waals surface area contributed by atoms with Crippen LogP contribution in [-0.4, -0.2) is 32.8 Å². The molecule has 6 heteroatoms. The summed E-state index contributed by atoms with van der Waals surface area (Å²) in [6, 6.07) is 0.558. The normalized spacial score (nSPS) is 11.8. The summed E-state index contributed by atoms with van der Waals surface area (Å²) in [5, 5.41) is 15.0. The van der Waals surface area contributed by atoms with E-state index in [4.69, 9.17) is 5.11 Å². The highest BCUT2D eigenvalue weighted by molar-refractivity contribution is 5.95. The first kappa shape index (κ1) is 12.0. The number of amides is 1. The molecule has 0 radical (unpaired) electrons. The molecule has 1 rings (SSSR count). The number of carboxylic acids is 1. The van der Waals surface area contributed by atoms with Crippen LogP contribution in [0.4, 0.5) is 0 Å². The van der Waals surface area contributed by atoms with Crippen molar-refractivity contribution in [2.75, 3.05) is 0 Å². The molecule has 0 spiro atoms. The van der Waals surface area contributed by atoms with Crippen molar-refractivity contribution in [3.8, 4) is 0 Å². The fourth-order valence-corrected chi connectivity index (χ4v) is 1.22. The van der Waals surface area contributed by atoms with Crippen LogP contribution in [0.15, 0.2) is 24.9 Å². The first-order valence-corrected chi connectivity index (χ1v) is 4.68. The highest BCUT2D eigenvalue weighted by Crippen LogP contribution is 1.99. The minimum Gasteiger partial charge on any atom is -0.480 e. The Kier molecular flexibility index (Phi) is 3.82. The van der Waals surface area contributed by atoms with Crippen molar-refractivity contribution in [1.82, 2.24) is 15.1 Å². The highest BCUT2D eigenvalue weighted by atomic mass is 16.4. The van der Waals surface area contributed by atoms with Crippen LogP contribution in [0.5, 0.6) is 0 Å². The molecule has 0 saturated carbocycles. The predicted octanol–water partition coefficient (Wildman–Crippen LogP) is 0.179. The third-order valence-corrected chi connectivity index (χ3v) is 2.06. The SMILES string of the molecule is C=CCC(NC(=O)c1ccnn1C)C(=O)O. The maximum atomic E-state index is 11.6. The Hall–Kier alpha value is -2.11. The summed E-state index contributed by atoms with van der Waals surface area (Å²) in [6.07, 6.45) is 3.10. The fourth-order valence-electron chi connectivity index (χ4n) is 1.22. The summed E-state index contributed by atoms with van der Waals surface area (Å²) in [5.41, 5.74) is 0.315. The van der Waals surface area contributed by atoms with Gasteiger partial charge in [0, 0.05) is 13.2 Å². The van der Waals surface area contributed by atoms with E-state index in [-0.39, 0.29) is 6.42 Å². The van der Waals surface area contributed by atoms with Gasteiger partial charge in [0.15, 0.2) is 0 Å². The van der Waals surface area contributed by atoms with Crippen molar-refractivity contribution in [3.63, 3.8) is 0 Å². The maximum absolute atomic E-state index is 11.6. The first-order chi connectivity index (χ1) is 7.56. The molecule has 0 aliphatic carbocycles. The van der Waals surface area contributed by atoms with E-state index >= 15 is 0 Å². The third-order valence-electron chi connectivity index (χ3n) is 2.06. The van der Waals surface area contributed by atoms with Gasteiger partial charge in [0.2, 0.25) is 0 Å². The van der Waals surface area contributed by atoms with Crippen molar-refractivity contribution in [3.05, 3.63) is 30.6 Å². The molecule has 6 nitrogen and oxygen atoms in total. The van der Waals surface area contributed by atoms with E-state index in [1.165, 1.54) is 23.0 Å². The quantitative estimate of drug-likeness (QED) is 0.697. The number of carbonyl (C=O) groups is 2. The van der Waals surface area contributed by atoms with Crippen LogP contribution < -0.4 is 5.32 Å². The summed E-state index contributed by atoms with van der Waals surface area (Å²) in [7, 11) is 1.61. The van der Waals surface area contributed by atoms with Crippen molar-refractivity contribution in [2.24, 2.45) is 7.05 Å². The molecular formula is C10H13N3O3. The maximum Gasteiger partial charge on any atom is 0.326 e. The molecular weight excluding hydrogens is 210 g/mol. The second-order valence-corrected chi connectivity index (χ2v) is 3.23. The topological polar surface area (TPSA) is 84.2 Å². The summed E-state index contributed by atoms with van der Waals surface area (Å²) in [4.78, 5) is 22.4. The standard InChI is InChI=1S/C10H13N3O3/c1-3-4-7(10(15)16)12-9(14)8-5-6-11-13(8)2/h3,5-7H,1,4H2,2H3,(H,12,14)(H,15,16). The highest BCUT2D eigenvalue weighted by Gasteiger charge is 2.20. The average Bonchev–Trinajstić information content (AvgIpc) is 2.63. The van der Waals surface area contributed by atoms with Gasteiger partial charge in [-0.1, -0.05) is 6.08 Å². The average molecular weight is 223 g/mol. The lowest BCUT2D eigenvalue weighted by molar-refractivity contribution is -0.139. The number of carboxylic acid groups (broad SMARTS) is 1. The molecule has 0 saturated heterocycles. The zero-order chi connectivity index (χ0) is 12.1. The van der Waals surface area contributed by atoms with E-state index in [1.807, 2.05) is 0 Å². The van der Waals surface area contributed by atoms with Crippen molar-refractivity contribution >= 4 is 11.9 Å². The number of rotatable bonds is 5. The molecule has 0 fully saturated rings. The van der Waals surface area contributed by atoms with Gasteiger partial charge in [-0.3, -0.25) is 9.48 Å². The number of hydrogen-bond donors (Lipinski definition) is 2. The number of hydrogen-bond acceptors (Lipinski definition) is 3. The van der Waals surface area contributed by atoms with Gasteiger partial charge in [-0.15, -0.1) is 6.58 Å². The Morgan fingerprint density at radius 3 is 2.88 bits per heavy atom. The minimum atomic E-state index is -1.09. The van der Waals surface area contributed by atoms with Gasteiger partial charge >= 0.3 is 5.97 Å². The first-order valence-electron chi connectivity index (χ1n) is 4.68. The van der Waals surface area contributed by atoms with Crippen LogP contribution in [0.1, 0.15) is 16.9 Å². The van der Waals surface area contributed by atoms with Crippen LogP contribution in [0.2, 0.25) is 0 Å². The van der Waals surface area contributed by atoms with Crippen LogP contribution in [0.3, 0.4) is 0 Å². The Bertz CT molecular complexity index is 411. The molecule has 1 aromatic heterocycles. The number of carbonyl (C=O) groups excluding carboxylic acids is 1. The summed E-state index contributed by atoms with van der Waals surface area (Å²) in [5.74, 6) is -1.55. The molecule has 0 bridgehead atoms. The third kappa shape index (κ3) is 2.69. The van der Waals surface area contributed by atoms with Gasteiger partial charge in [-0.05, 0) is 12.5 Å². The van der Waals surface area contributed by atoms with Crippen LogP contribution in [-0.2, 0) is 11.8 Å². The minimum absolute atomic E-state index is 0.179. The smallest absolute Gasteiger partial charge is 0.326 e. The van der Waals surface area contributed by atoms with E-state index in [2.05, 4.69) is 17.0 Å². The van der Waals surface area contributed by atoms with Crippen molar-refractivity contribution in [2.45, 2.75) is 12.5 Å². The Labute approximate surface area is 92.6 Å². The lowest BCUT2D eigenvalue weighted by atomic mass is 10.2. The number of aryl methyl sites for hydroxylation is 1. The van der Waals surface area contributed by atoms with E-state index in [1.54, 1.807) is 7.05 Å². The van der Waals surface area contributed by atoms with Crippen LogP contribution in [0.25, 0.3) is 0 Å². The molecule has 1 heterocycles. The molecule has 0 aliphatic rings. The van der Waals surface area contributed by atoms with E-state index in [9.17, 15) is 9.59 Å². The predicted molar refractivity (Wildman–Crippen MR) is 56.9 cm³/mol. The molecule has 2 N–H and O–H groups in total. The number of aliphatic carboxylic acids is 1. The van der Waals surface area contributed by atoms with Crippen molar-refractivity contribution < 1.29 is 14.7 Å². The Morgan fingerprint density at radius 1 is 1.75 bits per heavy atom. The molecule has 0 aliphatic heterocycles. The van der Waals surface area contributed by atoms with Gasteiger partial charge in [0.05, 0.1) is 0 Å². The number of aromatic nitrogens is 2. The lowest BCUT2D eigenvalue weighted by Crippen LogP contribution is -2.41. The van der Waals surface area contributed by atoms with E-state index < -0.39 is 17.9 Å². The monoisotopic (exact) mass is 223 g/mol. The Balaban J connectivity index is 2.72. The lowest BCUT2D eigenvalue weighted by Gasteiger charge is -2.12. The van der Waals surface area contributed by atoms with Gasteiger partial charge < -0.3 is 10.4 Å². The van der Waals surface area contributed by atoms with Crippen LogP contribution in [0, 0.1) is 0 Å². The second kappa shape index (κ2) is 5.11. The zero-order valence-electron chi connectivity index (χ0n) is 8.88. The van der Waals surface area contributed by atoms with E-state index in [0.29, 0.717) is 5.69 Å². The fraction of sp³-hybridized carbons (Fsp3) is 0.300. The van der Waals surface area contributed by atoms with Gasteiger partial charge in [-0.25, -0.2) is 4.79 Å². The number of nitrogens with zero attached hydrogens (tertiary/aromatic N) is 2.